The molecule has 22 heavy (non-hydrogen) atoms. The van der Waals surface area contributed by atoms with Crippen LogP contribution in [0, 0.1) is 18.2 Å². The smallest absolute Gasteiger partial charge is 0.148 e. The first-order chi connectivity index (χ1) is 10.5. The zero-order chi connectivity index (χ0) is 16.1. The summed E-state index contributed by atoms with van der Waals surface area (Å²) in [6.07, 6.45) is 5.24. The second kappa shape index (κ2) is 7.87. The fourth-order valence-corrected chi connectivity index (χ4v) is 3.43. The van der Waals surface area contributed by atoms with Crippen LogP contribution in [0.15, 0.2) is 39.3 Å². The fourth-order valence-electron chi connectivity index (χ4n) is 1.82. The monoisotopic (exact) mass is 445 g/mol. The van der Waals surface area contributed by atoms with E-state index in [0.717, 1.165) is 14.5 Å². The van der Waals surface area contributed by atoms with Gasteiger partial charge in [-0.05, 0) is 46.3 Å². The highest BCUT2D eigenvalue weighted by atomic mass is 79.9. The van der Waals surface area contributed by atoms with Crippen molar-refractivity contribution in [2.45, 2.75) is 6.54 Å². The molecule has 0 radical (unpaired) electrons. The van der Waals surface area contributed by atoms with E-state index >= 15 is 0 Å². The first-order valence-corrected chi connectivity index (χ1v) is 8.20. The van der Waals surface area contributed by atoms with Gasteiger partial charge in [-0.2, -0.15) is 0 Å². The van der Waals surface area contributed by atoms with E-state index in [2.05, 4.69) is 43.1 Å². The number of benzene rings is 2. The van der Waals surface area contributed by atoms with Crippen LogP contribution in [0.1, 0.15) is 5.56 Å². The van der Waals surface area contributed by atoms with Gasteiger partial charge in [0.25, 0.3) is 0 Å². The Morgan fingerprint density at radius 1 is 1.27 bits per heavy atom. The Bertz CT molecular complexity index is 731. The average Bonchev–Trinajstić information content (AvgIpc) is 2.47. The van der Waals surface area contributed by atoms with Gasteiger partial charge in [0.05, 0.1) is 9.50 Å². The molecule has 0 saturated heterocycles. The maximum absolute atomic E-state index is 13.2. The summed E-state index contributed by atoms with van der Waals surface area (Å²) in [7, 11) is 0. The van der Waals surface area contributed by atoms with Gasteiger partial charge in [-0.1, -0.05) is 33.5 Å². The van der Waals surface area contributed by atoms with E-state index in [1.54, 1.807) is 6.07 Å². The van der Waals surface area contributed by atoms with Crippen LogP contribution in [-0.4, -0.2) is 6.61 Å². The second-order valence-electron chi connectivity index (χ2n) is 4.35. The van der Waals surface area contributed by atoms with Gasteiger partial charge in [0, 0.05) is 22.3 Å². The average molecular weight is 448 g/mol. The molecule has 0 amide bonds. The Morgan fingerprint density at radius 2 is 2.05 bits per heavy atom. The summed E-state index contributed by atoms with van der Waals surface area (Å²) in [5.74, 6) is 2.66. The minimum Gasteiger partial charge on any atom is -0.479 e. The van der Waals surface area contributed by atoms with Crippen LogP contribution in [0.4, 0.5) is 10.1 Å². The summed E-state index contributed by atoms with van der Waals surface area (Å²) in [6.45, 7) is 0.648. The molecular weight excluding hydrogens is 436 g/mol. The van der Waals surface area contributed by atoms with Gasteiger partial charge in [-0.3, -0.25) is 0 Å². The van der Waals surface area contributed by atoms with E-state index in [1.165, 1.54) is 12.1 Å². The lowest BCUT2D eigenvalue weighted by Gasteiger charge is -2.14. The van der Waals surface area contributed by atoms with Crippen molar-refractivity contribution in [2.75, 3.05) is 11.9 Å². The summed E-state index contributed by atoms with van der Waals surface area (Å²) < 4.78 is 20.4. The molecule has 0 spiro atoms. The molecule has 2 aromatic rings. The predicted octanol–water partition coefficient (Wildman–Crippen LogP) is 5.63. The molecule has 0 saturated carbocycles. The minimum absolute atomic E-state index is 0.0734. The summed E-state index contributed by atoms with van der Waals surface area (Å²) in [6, 6.07) is 8.28. The topological polar surface area (TPSA) is 21.3 Å². The highest BCUT2D eigenvalue weighted by molar-refractivity contribution is 9.11. The Labute approximate surface area is 150 Å². The van der Waals surface area contributed by atoms with Gasteiger partial charge in [-0.25, -0.2) is 4.39 Å². The lowest BCUT2D eigenvalue weighted by molar-refractivity contribution is 0.364. The number of nitrogens with one attached hydrogen (secondary N) is 1. The SMILES string of the molecule is C#CCOc1c(Br)cc(Br)cc1CNc1ccc(F)c(Cl)c1. The van der Waals surface area contributed by atoms with Gasteiger partial charge < -0.3 is 10.1 Å². The van der Waals surface area contributed by atoms with E-state index in [-0.39, 0.29) is 11.6 Å². The highest BCUT2D eigenvalue weighted by Gasteiger charge is 2.10. The largest absolute Gasteiger partial charge is 0.479 e. The Morgan fingerprint density at radius 3 is 2.73 bits per heavy atom. The Hall–Kier alpha value is -1.22. The Balaban J connectivity index is 2.20. The first kappa shape index (κ1) is 17.1. The van der Waals surface area contributed by atoms with Crippen LogP contribution in [0.25, 0.3) is 0 Å². The maximum Gasteiger partial charge on any atom is 0.148 e. The molecule has 0 fully saturated rings. The second-order valence-corrected chi connectivity index (χ2v) is 6.53. The standard InChI is InChI=1S/C16H11Br2ClFNO/c1-2-5-22-16-10(6-11(17)7-13(16)18)9-21-12-3-4-15(20)14(19)8-12/h1,3-4,6-8,21H,5,9H2. The number of halogens is 4. The van der Waals surface area contributed by atoms with Gasteiger partial charge in [0.1, 0.15) is 18.2 Å². The molecule has 2 rings (SSSR count). The third kappa shape index (κ3) is 4.39. The molecule has 0 atom stereocenters. The molecule has 6 heteroatoms. The summed E-state index contributed by atoms with van der Waals surface area (Å²) >= 11 is 12.7. The molecule has 2 aromatic carbocycles. The van der Waals surface area contributed by atoms with E-state index in [9.17, 15) is 4.39 Å². The number of hydrogen-bond donors (Lipinski definition) is 1. The Kier molecular flexibility index (Phi) is 6.13. The van der Waals surface area contributed by atoms with Crippen LogP contribution in [0.2, 0.25) is 5.02 Å². The van der Waals surface area contributed by atoms with Crippen molar-refractivity contribution < 1.29 is 9.13 Å². The molecular formula is C16H11Br2ClFNO. The molecule has 0 aromatic heterocycles. The molecule has 0 unspecified atom stereocenters. The fraction of sp³-hybridized carbons (Fsp3) is 0.125. The number of rotatable bonds is 5. The van der Waals surface area contributed by atoms with Crippen LogP contribution >= 0.6 is 43.5 Å². The van der Waals surface area contributed by atoms with Gasteiger partial charge in [0.2, 0.25) is 0 Å². The molecule has 2 nitrogen and oxygen atoms in total. The zero-order valence-corrected chi connectivity index (χ0v) is 15.2. The third-order valence-corrected chi connectivity index (χ3v) is 4.12. The van der Waals surface area contributed by atoms with Crippen LogP contribution in [-0.2, 0) is 6.54 Å². The first-order valence-electron chi connectivity index (χ1n) is 6.24. The predicted molar refractivity (Wildman–Crippen MR) is 94.9 cm³/mol. The van der Waals surface area contributed by atoms with E-state index < -0.39 is 5.82 Å². The molecule has 0 aliphatic carbocycles. The lowest BCUT2D eigenvalue weighted by Crippen LogP contribution is -2.04. The molecule has 0 bridgehead atoms. The van der Waals surface area contributed by atoms with Crippen molar-refractivity contribution in [1.29, 1.82) is 0 Å². The molecule has 114 valence electrons. The quantitative estimate of drug-likeness (QED) is 0.600. The number of terminal acetylenes is 1. The van der Waals surface area contributed by atoms with Gasteiger partial charge in [-0.15, -0.1) is 6.42 Å². The van der Waals surface area contributed by atoms with E-state index in [0.29, 0.717) is 18.0 Å². The molecule has 1 N–H and O–H groups in total. The normalized spacial score (nSPS) is 10.1. The van der Waals surface area contributed by atoms with Crippen LogP contribution in [0.3, 0.4) is 0 Å². The van der Waals surface area contributed by atoms with E-state index in [4.69, 9.17) is 22.8 Å². The van der Waals surface area contributed by atoms with Crippen molar-refractivity contribution in [3.8, 4) is 18.1 Å². The molecule has 0 heterocycles. The minimum atomic E-state index is -0.449. The molecule has 0 aliphatic rings. The van der Waals surface area contributed by atoms with Gasteiger partial charge in [0.15, 0.2) is 0 Å². The van der Waals surface area contributed by atoms with Gasteiger partial charge >= 0.3 is 0 Å². The summed E-state index contributed by atoms with van der Waals surface area (Å²) in [5, 5.41) is 3.25. The zero-order valence-electron chi connectivity index (χ0n) is 11.3. The highest BCUT2D eigenvalue weighted by Crippen LogP contribution is 2.33. The number of ether oxygens (including phenoxy) is 1. The third-order valence-electron chi connectivity index (χ3n) is 2.79. The van der Waals surface area contributed by atoms with E-state index in [1.807, 2.05) is 12.1 Å². The van der Waals surface area contributed by atoms with Crippen molar-refractivity contribution >= 4 is 49.1 Å². The summed E-state index contributed by atoms with van der Waals surface area (Å²) in [4.78, 5) is 0. The lowest BCUT2D eigenvalue weighted by atomic mass is 10.2. The van der Waals surface area contributed by atoms with Crippen LogP contribution in [0.5, 0.6) is 5.75 Å². The van der Waals surface area contributed by atoms with Crippen molar-refractivity contribution in [3.63, 3.8) is 0 Å². The number of anilines is 1. The van der Waals surface area contributed by atoms with Crippen LogP contribution < -0.4 is 10.1 Å². The number of hydrogen-bond acceptors (Lipinski definition) is 2. The maximum atomic E-state index is 13.2. The molecule has 0 aliphatic heterocycles. The summed E-state index contributed by atoms with van der Waals surface area (Å²) in [5.41, 5.74) is 1.61. The van der Waals surface area contributed by atoms with Crippen molar-refractivity contribution in [1.82, 2.24) is 0 Å². The van der Waals surface area contributed by atoms with Crippen molar-refractivity contribution in [2.24, 2.45) is 0 Å². The van der Waals surface area contributed by atoms with Crippen molar-refractivity contribution in [3.05, 3.63) is 55.7 Å².